The molecular formula is C15H25N5O. The lowest BCUT2D eigenvalue weighted by molar-refractivity contribution is -0.122. The molecule has 6 nitrogen and oxygen atoms in total. The van der Waals surface area contributed by atoms with Gasteiger partial charge in [0.25, 0.3) is 0 Å². The van der Waals surface area contributed by atoms with E-state index in [-0.39, 0.29) is 17.7 Å². The quantitative estimate of drug-likeness (QED) is 0.863. The molecule has 0 bridgehead atoms. The Kier molecular flexibility index (Phi) is 4.98. The van der Waals surface area contributed by atoms with Crippen LogP contribution in [0.15, 0.2) is 6.07 Å². The lowest BCUT2D eigenvalue weighted by Gasteiger charge is -2.32. The first-order valence-corrected chi connectivity index (χ1v) is 7.68. The van der Waals surface area contributed by atoms with E-state index < -0.39 is 0 Å². The molecule has 116 valence electrons. The van der Waals surface area contributed by atoms with Crippen molar-refractivity contribution in [2.75, 3.05) is 29.9 Å². The number of carbonyl (C=O) groups is 1. The highest BCUT2D eigenvalue weighted by atomic mass is 16.1. The highest BCUT2D eigenvalue weighted by Gasteiger charge is 2.24. The number of anilines is 2. The summed E-state index contributed by atoms with van der Waals surface area (Å²) in [6.45, 7) is 8.69. The summed E-state index contributed by atoms with van der Waals surface area (Å²) in [6, 6.07) is 1.99. The van der Waals surface area contributed by atoms with Gasteiger partial charge in [0.1, 0.15) is 17.5 Å². The fraction of sp³-hybridized carbons (Fsp3) is 0.667. The Morgan fingerprint density at radius 1 is 1.43 bits per heavy atom. The van der Waals surface area contributed by atoms with Gasteiger partial charge in [0.2, 0.25) is 5.91 Å². The lowest BCUT2D eigenvalue weighted by atomic mass is 9.96. The van der Waals surface area contributed by atoms with Crippen LogP contribution in [0.5, 0.6) is 0 Å². The first-order valence-electron chi connectivity index (χ1n) is 7.68. The second-order valence-electron chi connectivity index (χ2n) is 5.82. The van der Waals surface area contributed by atoms with Crippen LogP contribution in [0, 0.1) is 5.92 Å². The number of nitrogens with two attached hydrogens (primary N) is 1. The van der Waals surface area contributed by atoms with E-state index in [1.807, 2.05) is 6.07 Å². The van der Waals surface area contributed by atoms with Crippen molar-refractivity contribution in [3.63, 3.8) is 0 Å². The van der Waals surface area contributed by atoms with Gasteiger partial charge in [-0.05, 0) is 19.8 Å². The minimum atomic E-state index is -0.187. The normalized spacial score (nSPS) is 16.3. The van der Waals surface area contributed by atoms with E-state index in [4.69, 9.17) is 5.73 Å². The van der Waals surface area contributed by atoms with Crippen LogP contribution in [0.2, 0.25) is 0 Å². The maximum absolute atomic E-state index is 11.2. The number of hydrogen-bond donors (Lipinski definition) is 2. The van der Waals surface area contributed by atoms with Crippen LogP contribution >= 0.6 is 0 Å². The Morgan fingerprint density at radius 3 is 2.62 bits per heavy atom. The van der Waals surface area contributed by atoms with Crippen LogP contribution in [0.3, 0.4) is 0 Å². The second-order valence-corrected chi connectivity index (χ2v) is 5.82. The molecule has 2 heterocycles. The number of nitrogens with zero attached hydrogens (tertiary/aromatic N) is 3. The predicted molar refractivity (Wildman–Crippen MR) is 84.4 cm³/mol. The maximum atomic E-state index is 11.2. The minimum absolute atomic E-state index is 0.000827. The first-order chi connectivity index (χ1) is 10.0. The molecule has 21 heavy (non-hydrogen) atoms. The van der Waals surface area contributed by atoms with E-state index in [2.05, 4.69) is 41.0 Å². The molecule has 1 aliphatic heterocycles. The van der Waals surface area contributed by atoms with Crippen molar-refractivity contribution in [2.45, 2.75) is 39.5 Å². The van der Waals surface area contributed by atoms with E-state index >= 15 is 0 Å². The zero-order valence-corrected chi connectivity index (χ0v) is 13.1. The molecule has 1 fully saturated rings. The van der Waals surface area contributed by atoms with E-state index in [0.717, 1.165) is 49.9 Å². The third-order valence-electron chi connectivity index (χ3n) is 3.83. The van der Waals surface area contributed by atoms with Crippen molar-refractivity contribution in [1.29, 1.82) is 0 Å². The fourth-order valence-corrected chi connectivity index (χ4v) is 2.54. The van der Waals surface area contributed by atoms with Gasteiger partial charge in [-0.1, -0.05) is 13.8 Å². The van der Waals surface area contributed by atoms with E-state index in [9.17, 15) is 4.79 Å². The predicted octanol–water partition coefficient (Wildman–Crippen LogP) is 1.73. The number of nitrogens with one attached hydrogen (secondary N) is 1. The molecule has 3 N–H and O–H groups in total. The van der Waals surface area contributed by atoms with Crippen LogP contribution in [0.1, 0.15) is 45.4 Å². The fourth-order valence-electron chi connectivity index (χ4n) is 2.54. The van der Waals surface area contributed by atoms with Gasteiger partial charge in [-0.3, -0.25) is 4.79 Å². The van der Waals surface area contributed by atoms with Crippen molar-refractivity contribution in [1.82, 2.24) is 9.97 Å². The SMILES string of the molecule is CCNc1cc(N2CCC(C(N)=O)CC2)nc(C(C)C)n1. The second kappa shape index (κ2) is 6.74. The molecule has 0 saturated carbocycles. The third kappa shape index (κ3) is 3.83. The number of carbonyl (C=O) groups excluding carboxylic acids is 1. The Morgan fingerprint density at radius 2 is 2.10 bits per heavy atom. The van der Waals surface area contributed by atoms with Crippen molar-refractivity contribution in [3.8, 4) is 0 Å². The van der Waals surface area contributed by atoms with Crippen LogP contribution < -0.4 is 16.0 Å². The summed E-state index contributed by atoms with van der Waals surface area (Å²) in [5, 5.41) is 3.26. The van der Waals surface area contributed by atoms with Crippen LogP contribution in [0.25, 0.3) is 0 Å². The summed E-state index contributed by atoms with van der Waals surface area (Å²) in [7, 11) is 0. The molecule has 0 aliphatic carbocycles. The van der Waals surface area contributed by atoms with Crippen molar-refractivity contribution < 1.29 is 4.79 Å². The van der Waals surface area contributed by atoms with E-state index in [1.54, 1.807) is 0 Å². The summed E-state index contributed by atoms with van der Waals surface area (Å²) >= 11 is 0. The van der Waals surface area contributed by atoms with Crippen molar-refractivity contribution in [2.24, 2.45) is 11.7 Å². The van der Waals surface area contributed by atoms with Crippen molar-refractivity contribution in [3.05, 3.63) is 11.9 Å². The maximum Gasteiger partial charge on any atom is 0.220 e. The monoisotopic (exact) mass is 291 g/mol. The van der Waals surface area contributed by atoms with Gasteiger partial charge in [0.05, 0.1) is 0 Å². The number of amides is 1. The average Bonchev–Trinajstić information content (AvgIpc) is 2.47. The van der Waals surface area contributed by atoms with Gasteiger partial charge in [-0.2, -0.15) is 0 Å². The Hall–Kier alpha value is -1.85. The summed E-state index contributed by atoms with van der Waals surface area (Å²) in [6.07, 6.45) is 1.60. The number of rotatable bonds is 5. The molecular weight excluding hydrogens is 266 g/mol. The van der Waals surface area contributed by atoms with E-state index in [1.165, 1.54) is 0 Å². The number of primary amides is 1. The molecule has 0 radical (unpaired) electrons. The summed E-state index contributed by atoms with van der Waals surface area (Å²) in [5.41, 5.74) is 5.39. The molecule has 2 rings (SSSR count). The average molecular weight is 291 g/mol. The van der Waals surface area contributed by atoms with Gasteiger partial charge in [0, 0.05) is 37.5 Å². The van der Waals surface area contributed by atoms with Gasteiger partial charge < -0.3 is 16.0 Å². The van der Waals surface area contributed by atoms with Crippen LogP contribution in [-0.2, 0) is 4.79 Å². The molecule has 1 amide bonds. The number of hydrogen-bond acceptors (Lipinski definition) is 5. The Bertz CT molecular complexity index is 495. The van der Waals surface area contributed by atoms with Crippen molar-refractivity contribution >= 4 is 17.5 Å². The molecule has 1 saturated heterocycles. The molecule has 0 spiro atoms. The van der Waals surface area contributed by atoms with Crippen LogP contribution in [-0.4, -0.2) is 35.5 Å². The lowest BCUT2D eigenvalue weighted by Crippen LogP contribution is -2.39. The highest BCUT2D eigenvalue weighted by molar-refractivity contribution is 5.77. The highest BCUT2D eigenvalue weighted by Crippen LogP contribution is 2.25. The number of aromatic nitrogens is 2. The van der Waals surface area contributed by atoms with Gasteiger partial charge in [-0.15, -0.1) is 0 Å². The standard InChI is InChI=1S/C15H25N5O/c1-4-17-12-9-13(19-15(18-12)10(2)3)20-7-5-11(6-8-20)14(16)21/h9-11H,4-8H2,1-3H3,(H2,16,21)(H,17,18,19). The molecule has 1 aromatic heterocycles. The molecule has 1 aromatic rings. The topological polar surface area (TPSA) is 84.1 Å². The largest absolute Gasteiger partial charge is 0.370 e. The van der Waals surface area contributed by atoms with Crippen LogP contribution in [0.4, 0.5) is 11.6 Å². The summed E-state index contributed by atoms with van der Waals surface area (Å²) in [5.74, 6) is 2.75. The first kappa shape index (κ1) is 15.5. The summed E-state index contributed by atoms with van der Waals surface area (Å²) < 4.78 is 0. The molecule has 1 aliphatic rings. The molecule has 0 unspecified atom stereocenters. The van der Waals surface area contributed by atoms with Gasteiger partial charge in [-0.25, -0.2) is 9.97 Å². The third-order valence-corrected chi connectivity index (χ3v) is 3.83. The molecule has 6 heteroatoms. The Balaban J connectivity index is 2.17. The zero-order valence-electron chi connectivity index (χ0n) is 13.1. The number of piperidine rings is 1. The molecule has 0 aromatic carbocycles. The van der Waals surface area contributed by atoms with E-state index in [0.29, 0.717) is 0 Å². The minimum Gasteiger partial charge on any atom is -0.370 e. The van der Waals surface area contributed by atoms with Gasteiger partial charge >= 0.3 is 0 Å². The Labute approximate surface area is 126 Å². The van der Waals surface area contributed by atoms with Gasteiger partial charge in [0.15, 0.2) is 0 Å². The zero-order chi connectivity index (χ0) is 15.4. The molecule has 0 atom stereocenters. The smallest absolute Gasteiger partial charge is 0.220 e. The summed E-state index contributed by atoms with van der Waals surface area (Å²) in [4.78, 5) is 22.7.